The van der Waals surface area contributed by atoms with Crippen molar-refractivity contribution in [2.24, 2.45) is 0 Å². The molecule has 2 N–H and O–H groups in total. The first-order valence-corrected chi connectivity index (χ1v) is 5.95. The van der Waals surface area contributed by atoms with Crippen LogP contribution in [0.4, 0.5) is 0 Å². The smallest absolute Gasteiger partial charge is 0.280 e. The minimum Gasteiger partial charge on any atom is -0.328 e. The van der Waals surface area contributed by atoms with Crippen molar-refractivity contribution in [2.45, 2.75) is 6.92 Å². The molecule has 0 aliphatic carbocycles. The van der Waals surface area contributed by atoms with Crippen LogP contribution in [0.1, 0.15) is 11.1 Å². The number of para-hydroxylation sites is 1. The first-order valence-electron chi connectivity index (χ1n) is 5.95. The van der Waals surface area contributed by atoms with E-state index in [1.807, 2.05) is 13.0 Å². The molecule has 0 unspecified atom stereocenters. The molecule has 20 heavy (non-hydrogen) atoms. The third kappa shape index (κ3) is 1.65. The quantitative estimate of drug-likeness (QED) is 0.692. The van der Waals surface area contributed by atoms with Crippen LogP contribution in [0.2, 0.25) is 0 Å². The topological polar surface area (TPSA) is 94.4 Å². The fourth-order valence-electron chi connectivity index (χ4n) is 2.24. The number of benzene rings is 1. The van der Waals surface area contributed by atoms with E-state index >= 15 is 0 Å². The van der Waals surface area contributed by atoms with Gasteiger partial charge in [0.15, 0.2) is 0 Å². The molecule has 6 heteroatoms. The summed E-state index contributed by atoms with van der Waals surface area (Å²) in [5.74, 6) is 0. The maximum Gasteiger partial charge on any atom is 0.280 e. The fourth-order valence-corrected chi connectivity index (χ4v) is 2.24. The number of hydrogen-bond acceptors (Lipinski definition) is 3. The molecule has 6 nitrogen and oxygen atoms in total. The number of nitriles is 1. The fraction of sp³-hybridized carbons (Fsp3) is 0.0714. The average molecular weight is 266 g/mol. The Morgan fingerprint density at radius 2 is 2.10 bits per heavy atom. The Balaban J connectivity index is 2.43. The molecule has 1 aromatic carbocycles. The summed E-state index contributed by atoms with van der Waals surface area (Å²) in [5, 5.41) is 12.4. The lowest BCUT2D eigenvalue weighted by Crippen LogP contribution is -2.16. The number of hydrogen-bond donors (Lipinski definition) is 2. The van der Waals surface area contributed by atoms with Gasteiger partial charge in [-0.15, -0.1) is 0 Å². The standard InChI is InChI=1S/C14H10N4O2/c1-8-3-2-4-9(6-15)13(8)18-14(20)10-7-16-12(19)5-11(10)17-18/h2-5,7,17H,1H3,(H,16,19). The zero-order chi connectivity index (χ0) is 14.3. The molecule has 0 atom stereocenters. The molecule has 0 amide bonds. The van der Waals surface area contributed by atoms with Crippen LogP contribution in [0.5, 0.6) is 0 Å². The van der Waals surface area contributed by atoms with Crippen molar-refractivity contribution in [1.82, 2.24) is 14.8 Å². The van der Waals surface area contributed by atoms with Crippen LogP contribution in [0, 0.1) is 18.3 Å². The Morgan fingerprint density at radius 1 is 1.30 bits per heavy atom. The van der Waals surface area contributed by atoms with Crippen molar-refractivity contribution in [1.29, 1.82) is 5.26 Å². The van der Waals surface area contributed by atoms with Crippen molar-refractivity contribution in [3.05, 3.63) is 62.3 Å². The van der Waals surface area contributed by atoms with Gasteiger partial charge in [0.2, 0.25) is 5.56 Å². The normalized spacial score (nSPS) is 10.6. The number of fused-ring (bicyclic) bond motifs is 1. The monoisotopic (exact) mass is 266 g/mol. The van der Waals surface area contributed by atoms with Gasteiger partial charge in [-0.1, -0.05) is 12.1 Å². The highest BCUT2D eigenvalue weighted by Crippen LogP contribution is 2.17. The number of nitrogens with one attached hydrogen (secondary N) is 2. The summed E-state index contributed by atoms with van der Waals surface area (Å²) in [5.41, 5.74) is 1.53. The lowest BCUT2D eigenvalue weighted by Gasteiger charge is -2.07. The number of aromatic amines is 2. The van der Waals surface area contributed by atoms with Gasteiger partial charge >= 0.3 is 0 Å². The van der Waals surface area contributed by atoms with E-state index in [2.05, 4.69) is 16.2 Å². The zero-order valence-electron chi connectivity index (χ0n) is 10.6. The van der Waals surface area contributed by atoms with E-state index in [4.69, 9.17) is 0 Å². The number of aromatic nitrogens is 3. The van der Waals surface area contributed by atoms with Gasteiger partial charge in [-0.05, 0) is 18.6 Å². The van der Waals surface area contributed by atoms with E-state index in [9.17, 15) is 14.9 Å². The van der Waals surface area contributed by atoms with Gasteiger partial charge in [0.25, 0.3) is 5.56 Å². The number of rotatable bonds is 1. The highest BCUT2D eigenvalue weighted by atomic mass is 16.1. The van der Waals surface area contributed by atoms with Gasteiger partial charge in [-0.2, -0.15) is 5.26 Å². The Bertz CT molecular complexity index is 969. The van der Waals surface area contributed by atoms with Crippen LogP contribution in [0.3, 0.4) is 0 Å². The summed E-state index contributed by atoms with van der Waals surface area (Å²) >= 11 is 0. The van der Waals surface area contributed by atoms with E-state index in [1.165, 1.54) is 16.9 Å². The van der Waals surface area contributed by atoms with Crippen LogP contribution >= 0.6 is 0 Å². The molecule has 0 fully saturated rings. The summed E-state index contributed by atoms with van der Waals surface area (Å²) in [7, 11) is 0. The molecule has 0 radical (unpaired) electrons. The maximum absolute atomic E-state index is 12.4. The number of nitrogens with zero attached hydrogens (tertiary/aromatic N) is 2. The van der Waals surface area contributed by atoms with Gasteiger partial charge in [-0.25, -0.2) is 4.68 Å². The molecule has 3 rings (SSSR count). The second-order valence-corrected chi connectivity index (χ2v) is 4.46. The van der Waals surface area contributed by atoms with Gasteiger partial charge < -0.3 is 4.98 Å². The van der Waals surface area contributed by atoms with E-state index in [-0.39, 0.29) is 11.1 Å². The second kappa shape index (κ2) is 4.24. The third-order valence-electron chi connectivity index (χ3n) is 3.17. The summed E-state index contributed by atoms with van der Waals surface area (Å²) in [4.78, 5) is 26.1. The molecule has 2 heterocycles. The predicted molar refractivity (Wildman–Crippen MR) is 74.0 cm³/mol. The van der Waals surface area contributed by atoms with Crippen molar-refractivity contribution in [3.8, 4) is 11.8 Å². The summed E-state index contributed by atoms with van der Waals surface area (Å²) in [6, 6.07) is 8.61. The molecule has 0 bridgehead atoms. The molecule has 0 spiro atoms. The minimum atomic E-state index is -0.304. The van der Waals surface area contributed by atoms with Gasteiger partial charge in [-0.3, -0.25) is 14.7 Å². The molecule has 0 aliphatic rings. The molecule has 2 aromatic heterocycles. The molecular formula is C14H10N4O2. The van der Waals surface area contributed by atoms with Crippen molar-refractivity contribution < 1.29 is 0 Å². The predicted octanol–water partition coefficient (Wildman–Crippen LogP) is 1.19. The van der Waals surface area contributed by atoms with Crippen LogP contribution in [0.15, 0.2) is 40.1 Å². The molecule has 3 aromatic rings. The molecular weight excluding hydrogens is 256 g/mol. The van der Waals surface area contributed by atoms with Crippen molar-refractivity contribution in [3.63, 3.8) is 0 Å². The Kier molecular flexibility index (Phi) is 2.54. The van der Waals surface area contributed by atoms with E-state index < -0.39 is 0 Å². The highest BCUT2D eigenvalue weighted by molar-refractivity contribution is 5.77. The van der Waals surface area contributed by atoms with Crippen LogP contribution < -0.4 is 11.1 Å². The second-order valence-electron chi connectivity index (χ2n) is 4.46. The highest BCUT2D eigenvalue weighted by Gasteiger charge is 2.13. The van der Waals surface area contributed by atoms with Crippen LogP contribution in [0.25, 0.3) is 16.6 Å². The summed E-state index contributed by atoms with van der Waals surface area (Å²) < 4.78 is 1.30. The zero-order valence-corrected chi connectivity index (χ0v) is 10.6. The maximum atomic E-state index is 12.4. The molecule has 0 saturated heterocycles. The third-order valence-corrected chi connectivity index (χ3v) is 3.17. The number of aryl methyl sites for hydroxylation is 1. The number of H-pyrrole nitrogens is 2. The van der Waals surface area contributed by atoms with Gasteiger partial charge in [0, 0.05) is 12.3 Å². The van der Waals surface area contributed by atoms with Gasteiger partial charge in [0.1, 0.15) is 6.07 Å². The minimum absolute atomic E-state index is 0.295. The van der Waals surface area contributed by atoms with Crippen molar-refractivity contribution in [2.75, 3.05) is 0 Å². The largest absolute Gasteiger partial charge is 0.328 e. The van der Waals surface area contributed by atoms with E-state index in [1.54, 1.807) is 12.1 Å². The summed E-state index contributed by atoms with van der Waals surface area (Å²) in [6.07, 6.45) is 1.37. The molecule has 0 saturated carbocycles. The van der Waals surface area contributed by atoms with Crippen LogP contribution in [-0.4, -0.2) is 14.8 Å². The van der Waals surface area contributed by atoms with Crippen LogP contribution in [-0.2, 0) is 0 Å². The lowest BCUT2D eigenvalue weighted by molar-refractivity contribution is 0.853. The molecule has 98 valence electrons. The number of pyridine rings is 1. The first kappa shape index (κ1) is 12.0. The van der Waals surface area contributed by atoms with E-state index in [0.717, 1.165) is 5.56 Å². The Hall–Kier alpha value is -3.07. The Labute approximate surface area is 112 Å². The van der Waals surface area contributed by atoms with E-state index in [0.29, 0.717) is 22.2 Å². The average Bonchev–Trinajstić information content (AvgIpc) is 2.74. The lowest BCUT2D eigenvalue weighted by atomic mass is 10.1. The SMILES string of the molecule is Cc1cccc(C#N)c1-n1[nH]c2cc(=O)[nH]cc2c1=O. The first-order chi connectivity index (χ1) is 9.61. The summed E-state index contributed by atoms with van der Waals surface area (Å²) in [6.45, 7) is 1.82. The van der Waals surface area contributed by atoms with Crippen molar-refractivity contribution >= 4 is 10.9 Å². The molecule has 0 aliphatic heterocycles. The Morgan fingerprint density at radius 3 is 2.85 bits per heavy atom. The van der Waals surface area contributed by atoms with Gasteiger partial charge in [0.05, 0.1) is 22.2 Å².